The van der Waals surface area contributed by atoms with E-state index in [1.165, 1.54) is 19.4 Å². The number of benzene rings is 1. The van der Waals surface area contributed by atoms with Crippen LogP contribution in [0, 0.1) is 5.82 Å². The number of nitrogens with zero attached hydrogens (tertiary/aromatic N) is 1. The number of ether oxygens (including phenoxy) is 1. The van der Waals surface area contributed by atoms with Crippen molar-refractivity contribution in [3.8, 4) is 16.9 Å². The third-order valence-corrected chi connectivity index (χ3v) is 2.72. The van der Waals surface area contributed by atoms with Crippen molar-refractivity contribution in [1.29, 1.82) is 0 Å². The molecule has 0 aliphatic carbocycles. The molecule has 0 amide bonds. The first-order chi connectivity index (χ1) is 8.15. The summed E-state index contributed by atoms with van der Waals surface area (Å²) in [7, 11) is 1.41. The Kier molecular flexibility index (Phi) is 3.15. The fraction of sp³-hybridized carbons (Fsp3) is 0.0833. The van der Waals surface area contributed by atoms with Gasteiger partial charge in [-0.1, -0.05) is 23.7 Å². The van der Waals surface area contributed by atoms with Gasteiger partial charge in [0.2, 0.25) is 0 Å². The van der Waals surface area contributed by atoms with Crippen LogP contribution in [0.25, 0.3) is 11.1 Å². The zero-order valence-electron chi connectivity index (χ0n) is 9.08. The van der Waals surface area contributed by atoms with Crippen LogP contribution in [-0.2, 0) is 0 Å². The number of halogens is 2. The van der Waals surface area contributed by atoms with E-state index in [1.807, 2.05) is 0 Å². The monoisotopic (exact) mass is 252 g/mol. The average molecular weight is 253 g/mol. The Hall–Kier alpha value is -1.81. The minimum Gasteiger partial charge on any atom is -0.494 e. The Morgan fingerprint density at radius 1 is 1.29 bits per heavy atom. The summed E-state index contributed by atoms with van der Waals surface area (Å²) in [6.45, 7) is 0. The zero-order valence-corrected chi connectivity index (χ0v) is 9.83. The maximum absolute atomic E-state index is 14.0. The molecule has 2 rings (SSSR count). The van der Waals surface area contributed by atoms with E-state index in [4.69, 9.17) is 22.1 Å². The standard InChI is InChI=1S/C12H10ClFN2O/c1-17-9-4-2-3-7(10(9)14)8-5-6-16-12(13)11(8)15/h2-6H,15H2,1H3. The predicted molar refractivity (Wildman–Crippen MR) is 65.6 cm³/mol. The first kappa shape index (κ1) is 11.7. The van der Waals surface area contributed by atoms with Gasteiger partial charge in [0, 0.05) is 17.3 Å². The van der Waals surface area contributed by atoms with Crippen molar-refractivity contribution in [2.24, 2.45) is 0 Å². The number of hydrogen-bond donors (Lipinski definition) is 1. The van der Waals surface area contributed by atoms with E-state index < -0.39 is 5.82 Å². The Morgan fingerprint density at radius 2 is 2.06 bits per heavy atom. The van der Waals surface area contributed by atoms with Crippen LogP contribution in [0.4, 0.5) is 10.1 Å². The lowest BCUT2D eigenvalue weighted by Crippen LogP contribution is -1.96. The Morgan fingerprint density at radius 3 is 2.76 bits per heavy atom. The molecule has 0 unspecified atom stereocenters. The van der Waals surface area contributed by atoms with Crippen molar-refractivity contribution in [3.05, 3.63) is 41.4 Å². The second-order valence-corrected chi connectivity index (χ2v) is 3.74. The van der Waals surface area contributed by atoms with Crippen molar-refractivity contribution in [3.63, 3.8) is 0 Å². The van der Waals surface area contributed by atoms with Gasteiger partial charge in [-0.2, -0.15) is 0 Å². The summed E-state index contributed by atoms with van der Waals surface area (Å²) in [4.78, 5) is 3.82. The van der Waals surface area contributed by atoms with Crippen molar-refractivity contribution in [2.75, 3.05) is 12.8 Å². The number of rotatable bonds is 2. The number of anilines is 1. The van der Waals surface area contributed by atoms with Gasteiger partial charge >= 0.3 is 0 Å². The fourth-order valence-corrected chi connectivity index (χ4v) is 1.72. The number of hydrogen-bond acceptors (Lipinski definition) is 3. The first-order valence-electron chi connectivity index (χ1n) is 4.88. The summed E-state index contributed by atoms with van der Waals surface area (Å²) < 4.78 is 18.9. The van der Waals surface area contributed by atoms with E-state index >= 15 is 0 Å². The molecule has 5 heteroatoms. The number of nitrogens with two attached hydrogens (primary N) is 1. The Balaban J connectivity index is 2.65. The predicted octanol–water partition coefficient (Wildman–Crippen LogP) is 3.13. The molecule has 0 atom stereocenters. The highest BCUT2D eigenvalue weighted by Crippen LogP contribution is 2.34. The SMILES string of the molecule is COc1cccc(-c2ccnc(Cl)c2N)c1F. The van der Waals surface area contributed by atoms with E-state index in [9.17, 15) is 4.39 Å². The van der Waals surface area contributed by atoms with Crippen LogP contribution in [0.1, 0.15) is 0 Å². The third-order valence-electron chi connectivity index (χ3n) is 2.41. The van der Waals surface area contributed by atoms with Gasteiger partial charge in [0.05, 0.1) is 12.8 Å². The first-order valence-corrected chi connectivity index (χ1v) is 5.25. The van der Waals surface area contributed by atoms with E-state index in [1.54, 1.807) is 18.2 Å². The molecule has 0 fully saturated rings. The molecule has 2 aromatic rings. The number of pyridine rings is 1. The molecule has 1 aromatic carbocycles. The topological polar surface area (TPSA) is 48.1 Å². The van der Waals surface area contributed by atoms with E-state index in [0.717, 1.165) is 0 Å². The van der Waals surface area contributed by atoms with Gasteiger partial charge in [0.25, 0.3) is 0 Å². The van der Waals surface area contributed by atoms with E-state index in [-0.39, 0.29) is 16.6 Å². The molecule has 1 heterocycles. The van der Waals surface area contributed by atoms with E-state index in [0.29, 0.717) is 11.1 Å². The molecule has 2 N–H and O–H groups in total. The Bertz CT molecular complexity index is 560. The molecule has 0 bridgehead atoms. The minimum absolute atomic E-state index is 0.157. The molecule has 88 valence electrons. The van der Waals surface area contributed by atoms with Gasteiger partial charge in [-0.05, 0) is 12.1 Å². The summed E-state index contributed by atoms with van der Waals surface area (Å²) in [5, 5.41) is 0.157. The molecule has 0 spiro atoms. The van der Waals surface area contributed by atoms with Crippen LogP contribution in [0.3, 0.4) is 0 Å². The highest BCUT2D eigenvalue weighted by Gasteiger charge is 2.14. The highest BCUT2D eigenvalue weighted by molar-refractivity contribution is 6.32. The molecule has 0 saturated heterocycles. The fourth-order valence-electron chi connectivity index (χ4n) is 1.56. The molecule has 1 aromatic heterocycles. The van der Waals surface area contributed by atoms with Gasteiger partial charge < -0.3 is 10.5 Å². The van der Waals surface area contributed by atoms with Crippen LogP contribution in [0.15, 0.2) is 30.5 Å². The molecule has 3 nitrogen and oxygen atoms in total. The second-order valence-electron chi connectivity index (χ2n) is 3.38. The molecule has 0 aliphatic heterocycles. The summed E-state index contributed by atoms with van der Waals surface area (Å²) >= 11 is 5.80. The van der Waals surface area contributed by atoms with Gasteiger partial charge in [0.15, 0.2) is 16.7 Å². The molecule has 0 saturated carbocycles. The lowest BCUT2D eigenvalue weighted by molar-refractivity contribution is 0.387. The highest BCUT2D eigenvalue weighted by atomic mass is 35.5. The quantitative estimate of drug-likeness (QED) is 0.836. The lowest BCUT2D eigenvalue weighted by Gasteiger charge is -2.10. The number of nitrogen functional groups attached to an aromatic ring is 1. The normalized spacial score (nSPS) is 10.3. The van der Waals surface area contributed by atoms with Crippen LogP contribution >= 0.6 is 11.6 Å². The zero-order chi connectivity index (χ0) is 12.4. The number of aromatic nitrogens is 1. The molecular weight excluding hydrogens is 243 g/mol. The maximum atomic E-state index is 14.0. The van der Waals surface area contributed by atoms with Crippen molar-refractivity contribution < 1.29 is 9.13 Å². The largest absolute Gasteiger partial charge is 0.494 e. The lowest BCUT2D eigenvalue weighted by atomic mass is 10.0. The molecule has 0 radical (unpaired) electrons. The van der Waals surface area contributed by atoms with Crippen molar-refractivity contribution in [1.82, 2.24) is 4.98 Å². The van der Waals surface area contributed by atoms with Gasteiger partial charge in [-0.15, -0.1) is 0 Å². The Labute approximate surface area is 103 Å². The van der Waals surface area contributed by atoms with Crippen molar-refractivity contribution >= 4 is 17.3 Å². The molecular formula is C12H10ClFN2O. The van der Waals surface area contributed by atoms with E-state index in [2.05, 4.69) is 4.98 Å². The summed E-state index contributed by atoms with van der Waals surface area (Å²) in [5.74, 6) is -0.307. The average Bonchev–Trinajstić information content (AvgIpc) is 2.33. The summed E-state index contributed by atoms with van der Waals surface area (Å²) in [5.41, 5.74) is 6.86. The minimum atomic E-state index is -0.469. The van der Waals surface area contributed by atoms with Gasteiger partial charge in [0.1, 0.15) is 0 Å². The smallest absolute Gasteiger partial charge is 0.172 e. The van der Waals surface area contributed by atoms with Crippen molar-refractivity contribution in [2.45, 2.75) is 0 Å². The van der Waals surface area contributed by atoms with Crippen LogP contribution in [-0.4, -0.2) is 12.1 Å². The maximum Gasteiger partial charge on any atom is 0.172 e. The summed E-state index contributed by atoms with van der Waals surface area (Å²) in [6.07, 6.45) is 1.48. The van der Waals surface area contributed by atoms with Crippen LogP contribution in [0.5, 0.6) is 5.75 Å². The number of methoxy groups -OCH3 is 1. The third kappa shape index (κ3) is 2.03. The molecule has 0 aliphatic rings. The van der Waals surface area contributed by atoms with Gasteiger partial charge in [-0.3, -0.25) is 0 Å². The summed E-state index contributed by atoms with van der Waals surface area (Å²) in [6, 6.07) is 6.45. The van der Waals surface area contributed by atoms with Crippen LogP contribution in [0.2, 0.25) is 5.15 Å². The van der Waals surface area contributed by atoms with Gasteiger partial charge in [-0.25, -0.2) is 9.37 Å². The second kappa shape index (κ2) is 4.59. The molecule has 17 heavy (non-hydrogen) atoms. The van der Waals surface area contributed by atoms with Crippen LogP contribution < -0.4 is 10.5 Å².